The van der Waals surface area contributed by atoms with Crippen molar-refractivity contribution in [3.8, 4) is 6.07 Å². The van der Waals surface area contributed by atoms with Crippen LogP contribution in [0.3, 0.4) is 0 Å². The van der Waals surface area contributed by atoms with Gasteiger partial charge in [-0.15, -0.1) is 0 Å². The lowest BCUT2D eigenvalue weighted by Crippen LogP contribution is -2.26. The molecule has 0 aliphatic rings. The number of carbonyl (C=O) groups is 1. The zero-order chi connectivity index (χ0) is 13.0. The fourth-order valence-corrected chi connectivity index (χ4v) is 1.49. The molecule has 2 aromatic heterocycles. The predicted molar refractivity (Wildman–Crippen MR) is 63.5 cm³/mol. The number of nitriles is 1. The number of amides is 1. The van der Waals surface area contributed by atoms with Gasteiger partial charge in [-0.1, -0.05) is 0 Å². The van der Waals surface area contributed by atoms with Gasteiger partial charge in [0.05, 0.1) is 18.4 Å². The zero-order valence-electron chi connectivity index (χ0n) is 9.83. The summed E-state index contributed by atoms with van der Waals surface area (Å²) in [5.74, 6) is 0.496. The molecule has 0 aliphatic carbocycles. The first-order chi connectivity index (χ1) is 8.70. The molecule has 0 saturated carbocycles. The van der Waals surface area contributed by atoms with E-state index in [4.69, 9.17) is 9.68 Å². The summed E-state index contributed by atoms with van der Waals surface area (Å²) in [6.45, 7) is 0.382. The zero-order valence-corrected chi connectivity index (χ0v) is 9.83. The second-order valence-electron chi connectivity index (χ2n) is 3.78. The Morgan fingerprint density at radius 1 is 1.50 bits per heavy atom. The van der Waals surface area contributed by atoms with Gasteiger partial charge >= 0.3 is 0 Å². The van der Waals surface area contributed by atoms with Crippen LogP contribution in [0.25, 0.3) is 0 Å². The smallest absolute Gasteiger partial charge is 0.272 e. The first kappa shape index (κ1) is 11.9. The summed E-state index contributed by atoms with van der Waals surface area (Å²) < 4.78 is 5.17. The fourth-order valence-electron chi connectivity index (χ4n) is 1.49. The molecular weight excluding hydrogens is 230 g/mol. The van der Waals surface area contributed by atoms with Crippen LogP contribution in [0.2, 0.25) is 0 Å². The van der Waals surface area contributed by atoms with Gasteiger partial charge in [-0.25, -0.2) is 4.98 Å². The van der Waals surface area contributed by atoms with Crippen molar-refractivity contribution >= 4 is 5.91 Å². The van der Waals surface area contributed by atoms with Crippen LogP contribution in [0.4, 0.5) is 0 Å². The normalized spacial score (nSPS) is 9.78. The molecule has 0 radical (unpaired) electrons. The average Bonchev–Trinajstić information content (AvgIpc) is 2.91. The first-order valence-corrected chi connectivity index (χ1v) is 5.34. The lowest BCUT2D eigenvalue weighted by atomic mass is 10.2. The van der Waals surface area contributed by atoms with Gasteiger partial charge in [-0.2, -0.15) is 5.26 Å². The quantitative estimate of drug-likeness (QED) is 0.821. The monoisotopic (exact) mass is 241 g/mol. The standard InChI is InChI=1S/C13H11N3O2/c1-16(9-11-3-2-6-18-11)13(17)12-5-4-10(7-14)8-15-12/h2-6,8H,9H2,1H3. The predicted octanol–water partition coefficient (Wildman–Crippen LogP) is 1.82. The Morgan fingerprint density at radius 2 is 2.33 bits per heavy atom. The van der Waals surface area contributed by atoms with Gasteiger partial charge in [-0.3, -0.25) is 4.79 Å². The van der Waals surface area contributed by atoms with E-state index < -0.39 is 0 Å². The van der Waals surface area contributed by atoms with Crippen molar-refractivity contribution < 1.29 is 9.21 Å². The van der Waals surface area contributed by atoms with Crippen LogP contribution in [0.15, 0.2) is 41.1 Å². The van der Waals surface area contributed by atoms with E-state index in [0.717, 1.165) is 0 Å². The van der Waals surface area contributed by atoms with Gasteiger partial charge < -0.3 is 9.32 Å². The maximum absolute atomic E-state index is 12.0. The number of aromatic nitrogens is 1. The largest absolute Gasteiger partial charge is 0.467 e. The number of hydrogen-bond acceptors (Lipinski definition) is 4. The summed E-state index contributed by atoms with van der Waals surface area (Å²) in [6.07, 6.45) is 2.95. The van der Waals surface area contributed by atoms with Crippen LogP contribution in [0.5, 0.6) is 0 Å². The number of rotatable bonds is 3. The summed E-state index contributed by atoms with van der Waals surface area (Å²) in [4.78, 5) is 17.5. The van der Waals surface area contributed by atoms with E-state index in [9.17, 15) is 4.79 Å². The van der Waals surface area contributed by atoms with Crippen LogP contribution in [0, 0.1) is 11.3 Å². The van der Waals surface area contributed by atoms with Crippen LogP contribution >= 0.6 is 0 Å². The van der Waals surface area contributed by atoms with E-state index in [1.165, 1.54) is 11.1 Å². The number of furan rings is 1. The Kier molecular flexibility index (Phi) is 3.39. The number of carbonyl (C=O) groups excluding carboxylic acids is 1. The molecule has 5 nitrogen and oxygen atoms in total. The van der Waals surface area contributed by atoms with Gasteiger partial charge in [-0.05, 0) is 24.3 Å². The minimum Gasteiger partial charge on any atom is -0.467 e. The van der Waals surface area contributed by atoms with Crippen LogP contribution in [-0.2, 0) is 6.54 Å². The molecule has 1 amide bonds. The Hall–Kier alpha value is -2.61. The second kappa shape index (κ2) is 5.15. The topological polar surface area (TPSA) is 70.1 Å². The van der Waals surface area contributed by atoms with E-state index in [-0.39, 0.29) is 5.91 Å². The number of hydrogen-bond donors (Lipinski definition) is 0. The fraction of sp³-hybridized carbons (Fsp3) is 0.154. The third kappa shape index (κ3) is 2.55. The molecule has 0 unspecified atom stereocenters. The van der Waals surface area contributed by atoms with Crippen molar-refractivity contribution in [2.24, 2.45) is 0 Å². The Morgan fingerprint density at radius 3 is 2.89 bits per heavy atom. The number of pyridine rings is 1. The van der Waals surface area contributed by atoms with Gasteiger partial charge in [0.1, 0.15) is 17.5 Å². The van der Waals surface area contributed by atoms with E-state index in [1.54, 1.807) is 37.6 Å². The van der Waals surface area contributed by atoms with Crippen molar-refractivity contribution in [2.45, 2.75) is 6.54 Å². The van der Waals surface area contributed by atoms with Crippen LogP contribution in [-0.4, -0.2) is 22.8 Å². The van der Waals surface area contributed by atoms with Gasteiger partial charge in [0.25, 0.3) is 5.91 Å². The van der Waals surface area contributed by atoms with E-state index >= 15 is 0 Å². The Balaban J connectivity index is 2.08. The molecule has 0 fully saturated rings. The van der Waals surface area contributed by atoms with Crippen molar-refractivity contribution in [3.63, 3.8) is 0 Å². The molecule has 0 spiro atoms. The van der Waals surface area contributed by atoms with E-state index in [1.807, 2.05) is 6.07 Å². The van der Waals surface area contributed by atoms with Crippen LogP contribution < -0.4 is 0 Å². The molecule has 2 rings (SSSR count). The molecule has 0 aliphatic heterocycles. The molecule has 90 valence electrons. The summed E-state index contributed by atoms with van der Waals surface area (Å²) in [7, 11) is 1.67. The van der Waals surface area contributed by atoms with Gasteiger partial charge in [0, 0.05) is 13.2 Å². The summed E-state index contributed by atoms with van der Waals surface area (Å²) in [6, 6.07) is 8.64. The second-order valence-corrected chi connectivity index (χ2v) is 3.78. The molecule has 0 aromatic carbocycles. The van der Waals surface area contributed by atoms with Crippen molar-refractivity contribution in [2.75, 3.05) is 7.05 Å². The summed E-state index contributed by atoms with van der Waals surface area (Å²) in [5.41, 5.74) is 0.739. The first-order valence-electron chi connectivity index (χ1n) is 5.34. The highest BCUT2D eigenvalue weighted by molar-refractivity contribution is 5.92. The highest BCUT2D eigenvalue weighted by atomic mass is 16.3. The number of nitrogens with zero attached hydrogens (tertiary/aromatic N) is 3. The lowest BCUT2D eigenvalue weighted by molar-refractivity contribution is 0.0769. The highest BCUT2D eigenvalue weighted by Gasteiger charge is 2.14. The lowest BCUT2D eigenvalue weighted by Gasteiger charge is -2.14. The molecule has 0 bridgehead atoms. The minimum atomic E-state index is -0.212. The molecule has 18 heavy (non-hydrogen) atoms. The molecule has 0 atom stereocenters. The van der Waals surface area contributed by atoms with E-state index in [0.29, 0.717) is 23.6 Å². The summed E-state index contributed by atoms with van der Waals surface area (Å²) in [5, 5.41) is 8.65. The molecule has 2 aromatic rings. The molecule has 5 heteroatoms. The van der Waals surface area contributed by atoms with Crippen molar-refractivity contribution in [3.05, 3.63) is 53.7 Å². The average molecular weight is 241 g/mol. The summed E-state index contributed by atoms with van der Waals surface area (Å²) >= 11 is 0. The van der Waals surface area contributed by atoms with E-state index in [2.05, 4.69) is 4.98 Å². The van der Waals surface area contributed by atoms with Gasteiger partial charge in [0.2, 0.25) is 0 Å². The minimum absolute atomic E-state index is 0.212. The van der Waals surface area contributed by atoms with Crippen molar-refractivity contribution in [1.29, 1.82) is 5.26 Å². The maximum Gasteiger partial charge on any atom is 0.272 e. The highest BCUT2D eigenvalue weighted by Crippen LogP contribution is 2.07. The molecule has 2 heterocycles. The van der Waals surface area contributed by atoms with Gasteiger partial charge in [0.15, 0.2) is 0 Å². The SMILES string of the molecule is CN(Cc1ccco1)C(=O)c1ccc(C#N)cn1. The Labute approximate surface area is 104 Å². The molecular formula is C13H11N3O2. The molecule has 0 saturated heterocycles. The third-order valence-corrected chi connectivity index (χ3v) is 2.43. The molecule has 0 N–H and O–H groups in total. The third-order valence-electron chi connectivity index (χ3n) is 2.43. The maximum atomic E-state index is 12.0. The van der Waals surface area contributed by atoms with Crippen molar-refractivity contribution in [1.82, 2.24) is 9.88 Å². The van der Waals surface area contributed by atoms with Crippen LogP contribution in [0.1, 0.15) is 21.8 Å². The Bertz CT molecular complexity index is 567.